The topological polar surface area (TPSA) is 56.8 Å². The Morgan fingerprint density at radius 1 is 0.842 bits per heavy atom. The van der Waals surface area contributed by atoms with Crippen molar-refractivity contribution >= 4 is 23.0 Å². The lowest BCUT2D eigenvalue weighted by Gasteiger charge is -2.38. The molecule has 1 saturated heterocycles. The van der Waals surface area contributed by atoms with Gasteiger partial charge in [-0.25, -0.2) is 23.1 Å². The molecular formula is C28H33F3N6O. The molecule has 1 N–H and O–H groups in total. The number of rotatable bonds is 6. The maximum Gasteiger partial charge on any atom is 0.227 e. The van der Waals surface area contributed by atoms with Gasteiger partial charge in [0.05, 0.1) is 24.1 Å². The minimum absolute atomic E-state index is 0.0569. The first kappa shape index (κ1) is 26.1. The fraction of sp³-hybridized carbons (Fsp3) is 0.429. The number of aromatic nitrogens is 2. The summed E-state index contributed by atoms with van der Waals surface area (Å²) in [5.74, 6) is -1.40. The second kappa shape index (κ2) is 10.7. The van der Waals surface area contributed by atoms with Crippen molar-refractivity contribution in [3.05, 3.63) is 54.0 Å². The van der Waals surface area contributed by atoms with Crippen LogP contribution in [0.25, 0.3) is 11.3 Å². The van der Waals surface area contributed by atoms with Gasteiger partial charge in [0.2, 0.25) is 5.95 Å². The molecule has 0 atom stereocenters. The van der Waals surface area contributed by atoms with E-state index in [0.29, 0.717) is 36.3 Å². The molecule has 2 aliphatic heterocycles. The zero-order valence-corrected chi connectivity index (χ0v) is 22.1. The molecule has 0 bridgehead atoms. The maximum absolute atomic E-state index is 15.1. The van der Waals surface area contributed by atoms with Crippen molar-refractivity contribution in [3.8, 4) is 17.0 Å². The third-order valence-corrected chi connectivity index (χ3v) is 7.14. The van der Waals surface area contributed by atoms with Gasteiger partial charge in [-0.05, 0) is 58.0 Å². The average molecular weight is 527 g/mol. The highest BCUT2D eigenvalue weighted by atomic mass is 19.1. The van der Waals surface area contributed by atoms with Crippen molar-refractivity contribution < 1.29 is 17.9 Å². The van der Waals surface area contributed by atoms with Crippen LogP contribution < -0.4 is 19.9 Å². The Labute approximate surface area is 221 Å². The van der Waals surface area contributed by atoms with Crippen LogP contribution in [0.2, 0.25) is 0 Å². The van der Waals surface area contributed by atoms with Crippen LogP contribution >= 0.6 is 0 Å². The van der Waals surface area contributed by atoms with Crippen LogP contribution in [0.3, 0.4) is 0 Å². The van der Waals surface area contributed by atoms with E-state index in [1.807, 2.05) is 23.6 Å². The zero-order chi connectivity index (χ0) is 27.0. The first-order valence-electron chi connectivity index (χ1n) is 13.0. The molecule has 0 spiro atoms. The minimum Gasteiger partial charge on any atom is -0.486 e. The fourth-order valence-corrected chi connectivity index (χ4v) is 5.05. The molecule has 2 aromatic carbocycles. The van der Waals surface area contributed by atoms with Gasteiger partial charge in [0, 0.05) is 49.5 Å². The predicted molar refractivity (Wildman–Crippen MR) is 144 cm³/mol. The van der Waals surface area contributed by atoms with E-state index < -0.39 is 11.6 Å². The molecule has 3 heterocycles. The number of nitrogens with zero attached hydrogens (tertiary/aromatic N) is 5. The monoisotopic (exact) mass is 526 g/mol. The molecule has 0 saturated carbocycles. The van der Waals surface area contributed by atoms with Crippen molar-refractivity contribution in [1.29, 1.82) is 0 Å². The number of hydrogen-bond acceptors (Lipinski definition) is 7. The zero-order valence-electron chi connectivity index (χ0n) is 22.1. The van der Waals surface area contributed by atoms with Gasteiger partial charge >= 0.3 is 0 Å². The highest BCUT2D eigenvalue weighted by Crippen LogP contribution is 2.39. The number of piperazine rings is 1. The molecule has 10 heteroatoms. The van der Waals surface area contributed by atoms with Crippen LogP contribution in [-0.4, -0.2) is 66.3 Å². The average Bonchev–Trinajstić information content (AvgIpc) is 2.89. The second-order valence-electron chi connectivity index (χ2n) is 10.2. The Bertz CT molecular complexity index is 1310. The van der Waals surface area contributed by atoms with Gasteiger partial charge in [0.25, 0.3) is 0 Å². The summed E-state index contributed by atoms with van der Waals surface area (Å²) in [7, 11) is 0. The number of ether oxygens (including phenoxy) is 1. The summed E-state index contributed by atoms with van der Waals surface area (Å²) < 4.78 is 50.4. The Hall–Kier alpha value is -3.53. The smallest absolute Gasteiger partial charge is 0.227 e. The van der Waals surface area contributed by atoms with E-state index in [2.05, 4.69) is 34.0 Å². The van der Waals surface area contributed by atoms with E-state index >= 15 is 4.39 Å². The summed E-state index contributed by atoms with van der Waals surface area (Å²) in [6.07, 6.45) is 1.03. The highest BCUT2D eigenvalue weighted by molar-refractivity contribution is 5.73. The largest absolute Gasteiger partial charge is 0.486 e. The van der Waals surface area contributed by atoms with Crippen LogP contribution in [0.1, 0.15) is 27.7 Å². The van der Waals surface area contributed by atoms with Gasteiger partial charge in [-0.2, -0.15) is 0 Å². The molecule has 0 radical (unpaired) electrons. The van der Waals surface area contributed by atoms with E-state index in [4.69, 9.17) is 4.74 Å². The van der Waals surface area contributed by atoms with Gasteiger partial charge in [-0.3, -0.25) is 4.90 Å². The molecule has 1 fully saturated rings. The minimum atomic E-state index is -0.690. The molecule has 5 rings (SSSR count). The summed E-state index contributed by atoms with van der Waals surface area (Å²) in [4.78, 5) is 14.7. The third kappa shape index (κ3) is 5.22. The first-order valence-corrected chi connectivity index (χ1v) is 13.0. The molecule has 38 heavy (non-hydrogen) atoms. The Kier molecular flexibility index (Phi) is 7.34. The molecule has 202 valence electrons. The summed E-state index contributed by atoms with van der Waals surface area (Å²) in [6, 6.07) is 8.33. The number of benzene rings is 2. The van der Waals surface area contributed by atoms with Crippen molar-refractivity contribution in [2.75, 3.05) is 54.4 Å². The van der Waals surface area contributed by atoms with Gasteiger partial charge in [-0.15, -0.1) is 0 Å². The summed E-state index contributed by atoms with van der Waals surface area (Å²) >= 11 is 0. The highest BCUT2D eigenvalue weighted by Gasteiger charge is 2.26. The molecule has 0 amide bonds. The lowest BCUT2D eigenvalue weighted by atomic mass is 10.1. The quantitative estimate of drug-likeness (QED) is 0.459. The molecule has 3 aromatic rings. The number of halogens is 3. The van der Waals surface area contributed by atoms with Crippen LogP contribution in [0.5, 0.6) is 5.75 Å². The number of anilines is 4. The fourth-order valence-electron chi connectivity index (χ4n) is 5.05. The number of hydrogen-bond donors (Lipinski definition) is 1. The Morgan fingerprint density at radius 2 is 1.61 bits per heavy atom. The SMILES string of the molecule is CC(C)N1CCN(c2ccc(Nc3ncc(F)c(-c4cc(F)c5c(c4)N(C(C)C)CCO5)n3)cc2F)CC1. The van der Waals surface area contributed by atoms with E-state index in [-0.39, 0.29) is 34.8 Å². The second-order valence-corrected chi connectivity index (χ2v) is 10.2. The molecule has 0 aliphatic carbocycles. The predicted octanol–water partition coefficient (Wildman–Crippen LogP) is 5.44. The Morgan fingerprint density at radius 3 is 2.29 bits per heavy atom. The lowest BCUT2D eigenvalue weighted by molar-refractivity contribution is 0.209. The van der Waals surface area contributed by atoms with Gasteiger partial charge in [-0.1, -0.05) is 0 Å². The van der Waals surface area contributed by atoms with Crippen LogP contribution in [0, 0.1) is 17.5 Å². The van der Waals surface area contributed by atoms with Crippen molar-refractivity contribution in [2.24, 2.45) is 0 Å². The summed E-state index contributed by atoms with van der Waals surface area (Å²) in [5.41, 5.74) is 1.74. The molecule has 1 aromatic heterocycles. The van der Waals surface area contributed by atoms with Crippen molar-refractivity contribution in [3.63, 3.8) is 0 Å². The van der Waals surface area contributed by atoms with Crippen molar-refractivity contribution in [2.45, 2.75) is 39.8 Å². The number of fused-ring (bicyclic) bond motifs is 1. The van der Waals surface area contributed by atoms with Crippen LogP contribution in [0.4, 0.5) is 36.2 Å². The van der Waals surface area contributed by atoms with Crippen molar-refractivity contribution in [1.82, 2.24) is 14.9 Å². The van der Waals surface area contributed by atoms with Gasteiger partial charge in [0.1, 0.15) is 18.1 Å². The van der Waals surface area contributed by atoms with Crippen LogP contribution in [-0.2, 0) is 0 Å². The summed E-state index contributed by atoms with van der Waals surface area (Å²) in [6.45, 7) is 12.6. The van der Waals surface area contributed by atoms with E-state index in [1.165, 1.54) is 12.1 Å². The van der Waals surface area contributed by atoms with E-state index in [0.717, 1.165) is 32.4 Å². The van der Waals surface area contributed by atoms with E-state index in [9.17, 15) is 8.78 Å². The normalized spacial score (nSPS) is 16.1. The molecule has 0 unspecified atom stereocenters. The summed E-state index contributed by atoms with van der Waals surface area (Å²) in [5, 5.41) is 2.95. The molecule has 7 nitrogen and oxygen atoms in total. The lowest BCUT2D eigenvalue weighted by Crippen LogP contribution is -2.49. The van der Waals surface area contributed by atoms with E-state index in [1.54, 1.807) is 18.2 Å². The van der Waals surface area contributed by atoms with Gasteiger partial charge < -0.3 is 19.9 Å². The number of nitrogens with one attached hydrogen (secondary N) is 1. The standard InChI is InChI=1S/C28H33F3N6O/c1-17(2)35-7-9-36(10-8-35)24-6-5-20(15-21(24)29)33-28-32-16-23(31)26(34-28)19-13-22(30)27-25(14-19)37(18(3)4)11-12-38-27/h5-6,13-18H,7-12H2,1-4H3,(H,32,33,34). The Balaban J connectivity index is 1.38. The molecular weight excluding hydrogens is 493 g/mol. The first-order chi connectivity index (χ1) is 18.2. The van der Waals surface area contributed by atoms with Crippen LogP contribution in [0.15, 0.2) is 36.5 Å². The molecule has 2 aliphatic rings. The third-order valence-electron chi connectivity index (χ3n) is 7.14. The maximum atomic E-state index is 15.1. The van der Waals surface area contributed by atoms with Gasteiger partial charge in [0.15, 0.2) is 17.4 Å².